The van der Waals surface area contributed by atoms with Crippen molar-refractivity contribution in [1.82, 2.24) is 4.90 Å². The van der Waals surface area contributed by atoms with E-state index in [2.05, 4.69) is 0 Å². The zero-order valence-electron chi connectivity index (χ0n) is 10.8. The number of carboxylic acids is 1. The van der Waals surface area contributed by atoms with Gasteiger partial charge in [-0.1, -0.05) is 24.3 Å². The Hall–Kier alpha value is -1.88. The highest BCUT2D eigenvalue weighted by Crippen LogP contribution is 2.24. The number of aliphatic carboxylic acids is 1. The maximum absolute atomic E-state index is 12.1. The Labute approximate surface area is 111 Å². The van der Waals surface area contributed by atoms with Crippen molar-refractivity contribution < 1.29 is 19.4 Å². The molecule has 1 aliphatic rings. The molecule has 1 heterocycles. The summed E-state index contributed by atoms with van der Waals surface area (Å²) in [5.41, 5.74) is 2.02. The minimum absolute atomic E-state index is 0.177. The summed E-state index contributed by atoms with van der Waals surface area (Å²) < 4.78 is 4.87. The van der Waals surface area contributed by atoms with Crippen molar-refractivity contribution in [3.05, 3.63) is 35.4 Å². The Morgan fingerprint density at radius 1 is 1.37 bits per heavy atom. The molecule has 19 heavy (non-hydrogen) atoms. The maximum atomic E-state index is 12.1. The normalized spacial score (nSPS) is 17.9. The standard InChI is InChI=1S/C14H17NO4/c1-19-7-6-13(16)15-9-11-5-3-2-4-10(11)8-12(15)14(17)18/h2-5,12H,6-9H2,1H3,(H,17,18). The molecule has 0 saturated heterocycles. The summed E-state index contributed by atoms with van der Waals surface area (Å²) in [4.78, 5) is 24.8. The number of ether oxygens (including phenoxy) is 1. The summed E-state index contributed by atoms with van der Waals surface area (Å²) >= 11 is 0. The second-order valence-corrected chi connectivity index (χ2v) is 4.59. The average Bonchev–Trinajstić information content (AvgIpc) is 2.43. The van der Waals surface area contributed by atoms with Crippen LogP contribution in [0.5, 0.6) is 0 Å². The summed E-state index contributed by atoms with van der Waals surface area (Å²) in [7, 11) is 1.52. The van der Waals surface area contributed by atoms with E-state index in [0.717, 1.165) is 11.1 Å². The molecular weight excluding hydrogens is 246 g/mol. The van der Waals surface area contributed by atoms with Crippen molar-refractivity contribution in [3.63, 3.8) is 0 Å². The molecule has 0 aromatic heterocycles. The first-order valence-corrected chi connectivity index (χ1v) is 6.21. The number of benzene rings is 1. The van der Waals surface area contributed by atoms with Crippen LogP contribution in [0.4, 0.5) is 0 Å². The average molecular weight is 263 g/mol. The number of hydrogen-bond acceptors (Lipinski definition) is 3. The molecule has 5 nitrogen and oxygen atoms in total. The van der Waals surface area contributed by atoms with E-state index in [4.69, 9.17) is 4.74 Å². The predicted octanol–water partition coefficient (Wildman–Crippen LogP) is 1.06. The van der Waals surface area contributed by atoms with E-state index in [1.54, 1.807) is 0 Å². The number of fused-ring (bicyclic) bond motifs is 1. The predicted molar refractivity (Wildman–Crippen MR) is 68.6 cm³/mol. The van der Waals surface area contributed by atoms with Gasteiger partial charge < -0.3 is 14.7 Å². The third-order valence-electron chi connectivity index (χ3n) is 3.37. The molecule has 1 atom stereocenters. The topological polar surface area (TPSA) is 66.8 Å². The lowest BCUT2D eigenvalue weighted by Gasteiger charge is -2.34. The van der Waals surface area contributed by atoms with E-state index in [9.17, 15) is 14.7 Å². The van der Waals surface area contributed by atoms with E-state index in [1.165, 1.54) is 12.0 Å². The maximum Gasteiger partial charge on any atom is 0.326 e. The number of hydrogen-bond donors (Lipinski definition) is 1. The van der Waals surface area contributed by atoms with Crippen molar-refractivity contribution in [2.75, 3.05) is 13.7 Å². The van der Waals surface area contributed by atoms with Crippen LogP contribution in [0.1, 0.15) is 17.5 Å². The van der Waals surface area contributed by atoms with Crippen molar-refractivity contribution in [2.24, 2.45) is 0 Å². The Morgan fingerprint density at radius 3 is 2.68 bits per heavy atom. The van der Waals surface area contributed by atoms with Gasteiger partial charge in [-0.05, 0) is 11.1 Å². The van der Waals surface area contributed by atoms with E-state index >= 15 is 0 Å². The van der Waals surface area contributed by atoms with Crippen LogP contribution in [-0.2, 0) is 27.3 Å². The lowest BCUT2D eigenvalue weighted by molar-refractivity contribution is -0.151. The molecule has 1 aromatic carbocycles. The largest absolute Gasteiger partial charge is 0.480 e. The second-order valence-electron chi connectivity index (χ2n) is 4.59. The van der Waals surface area contributed by atoms with Crippen LogP contribution in [0.25, 0.3) is 0 Å². The summed E-state index contributed by atoms with van der Waals surface area (Å²) in [5.74, 6) is -1.14. The molecule has 0 fully saturated rings. The number of nitrogens with zero attached hydrogens (tertiary/aromatic N) is 1. The van der Waals surface area contributed by atoms with Crippen molar-refractivity contribution in [3.8, 4) is 0 Å². The number of amides is 1. The van der Waals surface area contributed by atoms with E-state index < -0.39 is 12.0 Å². The molecule has 1 aliphatic heterocycles. The zero-order valence-corrected chi connectivity index (χ0v) is 10.8. The highest BCUT2D eigenvalue weighted by atomic mass is 16.5. The smallest absolute Gasteiger partial charge is 0.326 e. The fraction of sp³-hybridized carbons (Fsp3) is 0.429. The van der Waals surface area contributed by atoms with Gasteiger partial charge in [-0.3, -0.25) is 4.79 Å². The van der Waals surface area contributed by atoms with Gasteiger partial charge >= 0.3 is 5.97 Å². The van der Waals surface area contributed by atoms with Crippen molar-refractivity contribution >= 4 is 11.9 Å². The monoisotopic (exact) mass is 263 g/mol. The van der Waals surface area contributed by atoms with Crippen LogP contribution < -0.4 is 0 Å². The number of carboxylic acid groups (broad SMARTS) is 1. The number of carbonyl (C=O) groups excluding carboxylic acids is 1. The summed E-state index contributed by atoms with van der Waals surface area (Å²) in [6.45, 7) is 0.666. The van der Waals surface area contributed by atoms with E-state index in [-0.39, 0.29) is 12.3 Å². The first-order valence-electron chi connectivity index (χ1n) is 6.21. The van der Waals surface area contributed by atoms with Crippen LogP contribution in [0.2, 0.25) is 0 Å². The lowest BCUT2D eigenvalue weighted by atomic mass is 9.94. The molecule has 1 N–H and O–H groups in total. The third kappa shape index (κ3) is 2.93. The highest BCUT2D eigenvalue weighted by Gasteiger charge is 2.33. The van der Waals surface area contributed by atoms with Crippen LogP contribution in [0.15, 0.2) is 24.3 Å². The van der Waals surface area contributed by atoms with Gasteiger partial charge in [-0.15, -0.1) is 0 Å². The van der Waals surface area contributed by atoms with Gasteiger partial charge in [0, 0.05) is 20.1 Å². The van der Waals surface area contributed by atoms with Crippen molar-refractivity contribution in [1.29, 1.82) is 0 Å². The van der Waals surface area contributed by atoms with Crippen LogP contribution in [0.3, 0.4) is 0 Å². The first-order chi connectivity index (χ1) is 9.13. The van der Waals surface area contributed by atoms with Gasteiger partial charge in [0.25, 0.3) is 0 Å². The number of methoxy groups -OCH3 is 1. The molecule has 0 bridgehead atoms. The van der Waals surface area contributed by atoms with Gasteiger partial charge in [0.1, 0.15) is 6.04 Å². The van der Waals surface area contributed by atoms with Gasteiger partial charge in [0.05, 0.1) is 13.0 Å². The Bertz CT molecular complexity index is 486. The minimum Gasteiger partial charge on any atom is -0.480 e. The fourth-order valence-electron chi connectivity index (χ4n) is 2.34. The molecule has 0 radical (unpaired) electrons. The Kier molecular flexibility index (Phi) is 4.16. The van der Waals surface area contributed by atoms with Crippen molar-refractivity contribution in [2.45, 2.75) is 25.4 Å². The summed E-state index contributed by atoms with van der Waals surface area (Å²) in [6, 6.07) is 6.86. The Balaban J connectivity index is 2.21. The van der Waals surface area contributed by atoms with Gasteiger partial charge in [-0.2, -0.15) is 0 Å². The van der Waals surface area contributed by atoms with Crippen LogP contribution in [0, 0.1) is 0 Å². The molecule has 0 aliphatic carbocycles. The molecule has 0 saturated carbocycles. The first kappa shape index (κ1) is 13.5. The molecular formula is C14H17NO4. The molecule has 102 valence electrons. The molecule has 1 unspecified atom stereocenters. The van der Waals surface area contributed by atoms with Crippen LogP contribution in [-0.4, -0.2) is 41.6 Å². The molecule has 0 spiro atoms. The fourth-order valence-corrected chi connectivity index (χ4v) is 2.34. The molecule has 1 amide bonds. The van der Waals surface area contributed by atoms with Crippen LogP contribution >= 0.6 is 0 Å². The quantitative estimate of drug-likeness (QED) is 0.882. The lowest BCUT2D eigenvalue weighted by Crippen LogP contribution is -2.48. The number of rotatable bonds is 4. The van der Waals surface area contributed by atoms with Gasteiger partial charge in [0.15, 0.2) is 0 Å². The molecule has 2 rings (SSSR count). The zero-order chi connectivity index (χ0) is 13.8. The summed E-state index contributed by atoms with van der Waals surface area (Å²) in [5, 5.41) is 9.28. The SMILES string of the molecule is COCCC(=O)N1Cc2ccccc2CC1C(=O)O. The van der Waals surface area contributed by atoms with E-state index in [1.807, 2.05) is 24.3 Å². The van der Waals surface area contributed by atoms with E-state index in [0.29, 0.717) is 19.6 Å². The molecule has 5 heteroatoms. The highest BCUT2D eigenvalue weighted by molar-refractivity contribution is 5.84. The van der Waals surface area contributed by atoms with Gasteiger partial charge in [-0.25, -0.2) is 4.79 Å². The summed E-state index contributed by atoms with van der Waals surface area (Å²) in [6.07, 6.45) is 0.576. The third-order valence-corrected chi connectivity index (χ3v) is 3.37. The van der Waals surface area contributed by atoms with Gasteiger partial charge in [0.2, 0.25) is 5.91 Å². The number of carbonyl (C=O) groups is 2. The molecule has 1 aromatic rings. The minimum atomic E-state index is -0.958. The Morgan fingerprint density at radius 2 is 2.05 bits per heavy atom. The second kappa shape index (κ2) is 5.84.